The number of fused-ring (bicyclic) bond motifs is 1. The number of aryl methyl sites for hydroxylation is 3. The predicted molar refractivity (Wildman–Crippen MR) is 123 cm³/mol. The van der Waals surface area contributed by atoms with Crippen LogP contribution in [0.1, 0.15) is 54.5 Å². The number of anilines is 1. The molecule has 1 unspecified atom stereocenters. The lowest BCUT2D eigenvalue weighted by Gasteiger charge is -2.26. The second kappa shape index (κ2) is 9.40. The fraction of sp³-hybridized carbons (Fsp3) is 0.435. The summed E-state index contributed by atoms with van der Waals surface area (Å²) in [6.07, 6.45) is 6.43. The van der Waals surface area contributed by atoms with E-state index in [0.29, 0.717) is 10.7 Å². The van der Waals surface area contributed by atoms with Crippen LogP contribution >= 0.6 is 11.6 Å². The number of carbonyl (C=O) groups excluding carboxylic acids is 1. The maximum atomic E-state index is 12.9. The highest BCUT2D eigenvalue weighted by molar-refractivity contribution is 7.92. The average Bonchev–Trinajstić information content (AvgIpc) is 2.71. The van der Waals surface area contributed by atoms with Crippen molar-refractivity contribution < 1.29 is 13.2 Å². The highest BCUT2D eigenvalue weighted by atomic mass is 35.5. The fourth-order valence-electron chi connectivity index (χ4n) is 3.99. The number of benzene rings is 2. The molecule has 2 aromatic rings. The summed E-state index contributed by atoms with van der Waals surface area (Å²) in [6, 6.07) is 11.3. The smallest absolute Gasteiger partial charge is 0.241 e. The Balaban J connectivity index is 1.79. The monoisotopic (exact) mass is 448 g/mol. The van der Waals surface area contributed by atoms with Crippen LogP contribution in [0.4, 0.5) is 5.69 Å². The summed E-state index contributed by atoms with van der Waals surface area (Å²) in [5, 5.41) is 3.44. The number of halogens is 1. The Morgan fingerprint density at radius 3 is 2.50 bits per heavy atom. The number of sulfonamides is 1. The van der Waals surface area contributed by atoms with Crippen molar-refractivity contribution in [3.8, 4) is 0 Å². The number of nitrogens with zero attached hydrogens (tertiary/aromatic N) is 1. The van der Waals surface area contributed by atoms with Gasteiger partial charge in [0.1, 0.15) is 6.54 Å². The molecule has 0 saturated carbocycles. The molecule has 0 aliphatic heterocycles. The van der Waals surface area contributed by atoms with Gasteiger partial charge in [-0.15, -0.1) is 0 Å². The fourth-order valence-corrected chi connectivity index (χ4v) is 5.07. The highest BCUT2D eigenvalue weighted by Gasteiger charge is 2.24. The first-order valence-corrected chi connectivity index (χ1v) is 12.6. The van der Waals surface area contributed by atoms with Gasteiger partial charge in [-0.3, -0.25) is 9.10 Å². The van der Waals surface area contributed by atoms with Gasteiger partial charge in [0.05, 0.1) is 18.0 Å². The molecule has 7 heteroatoms. The number of nitrogens with one attached hydrogen (secondary N) is 1. The van der Waals surface area contributed by atoms with Gasteiger partial charge >= 0.3 is 0 Å². The summed E-state index contributed by atoms with van der Waals surface area (Å²) < 4.78 is 26.0. The molecule has 5 nitrogen and oxygen atoms in total. The third-order valence-corrected chi connectivity index (χ3v) is 7.01. The summed E-state index contributed by atoms with van der Waals surface area (Å²) in [5.74, 6) is -0.343. The van der Waals surface area contributed by atoms with E-state index in [9.17, 15) is 13.2 Å². The summed E-state index contributed by atoms with van der Waals surface area (Å²) in [5.41, 5.74) is 4.97. The van der Waals surface area contributed by atoms with E-state index in [0.717, 1.165) is 41.0 Å². The lowest BCUT2D eigenvalue weighted by atomic mass is 9.89. The Bertz CT molecular complexity index is 1040. The Morgan fingerprint density at radius 2 is 1.83 bits per heavy atom. The zero-order valence-electron chi connectivity index (χ0n) is 17.7. The minimum Gasteiger partial charge on any atom is -0.348 e. The molecule has 1 N–H and O–H groups in total. The molecule has 0 fully saturated rings. The Labute approximate surface area is 184 Å². The number of hydrogen-bond acceptors (Lipinski definition) is 3. The Hall–Kier alpha value is -2.05. The minimum atomic E-state index is -3.66. The van der Waals surface area contributed by atoms with Crippen molar-refractivity contribution in [3.05, 3.63) is 63.7 Å². The van der Waals surface area contributed by atoms with Gasteiger partial charge in [-0.1, -0.05) is 42.8 Å². The zero-order chi connectivity index (χ0) is 21.9. The van der Waals surface area contributed by atoms with E-state index in [-0.39, 0.29) is 18.5 Å². The average molecular weight is 449 g/mol. The Kier molecular flexibility index (Phi) is 7.09. The molecule has 3 rings (SSSR count). The highest BCUT2D eigenvalue weighted by Crippen LogP contribution is 2.28. The van der Waals surface area contributed by atoms with Crippen LogP contribution in [0.25, 0.3) is 0 Å². The van der Waals surface area contributed by atoms with Crippen LogP contribution < -0.4 is 9.62 Å². The van der Waals surface area contributed by atoms with Gasteiger partial charge in [0.2, 0.25) is 15.9 Å². The number of hydrogen-bond donors (Lipinski definition) is 1. The molecule has 1 aliphatic carbocycles. The largest absolute Gasteiger partial charge is 0.348 e. The van der Waals surface area contributed by atoms with Crippen molar-refractivity contribution >= 4 is 33.2 Å². The molecule has 1 atom stereocenters. The van der Waals surface area contributed by atoms with E-state index in [1.807, 2.05) is 6.92 Å². The molecular formula is C23H29ClN2O3S. The molecular weight excluding hydrogens is 420 g/mol. The van der Waals surface area contributed by atoms with Gasteiger partial charge in [0, 0.05) is 5.02 Å². The van der Waals surface area contributed by atoms with Crippen LogP contribution in [0.2, 0.25) is 5.02 Å². The van der Waals surface area contributed by atoms with E-state index in [2.05, 4.69) is 23.5 Å². The molecule has 30 heavy (non-hydrogen) atoms. The van der Waals surface area contributed by atoms with Crippen LogP contribution in [-0.2, 0) is 27.7 Å². The molecule has 162 valence electrons. The van der Waals surface area contributed by atoms with E-state index >= 15 is 0 Å². The number of rotatable bonds is 7. The molecule has 0 saturated heterocycles. The lowest BCUT2D eigenvalue weighted by molar-refractivity contribution is -0.120. The van der Waals surface area contributed by atoms with E-state index < -0.39 is 10.0 Å². The molecule has 1 amide bonds. The predicted octanol–water partition coefficient (Wildman–Crippen LogP) is 4.56. The SMILES string of the molecule is CCC(NC(=O)CN(c1cc(Cl)ccc1C)S(C)(=O)=O)c1ccc2c(c1)CCCC2. The van der Waals surface area contributed by atoms with Crippen LogP contribution in [0.5, 0.6) is 0 Å². The maximum Gasteiger partial charge on any atom is 0.241 e. The van der Waals surface area contributed by atoms with Crippen molar-refractivity contribution in [1.29, 1.82) is 0 Å². The van der Waals surface area contributed by atoms with Crippen molar-refractivity contribution in [2.75, 3.05) is 17.1 Å². The number of carbonyl (C=O) groups is 1. The van der Waals surface area contributed by atoms with Crippen molar-refractivity contribution in [3.63, 3.8) is 0 Å². The van der Waals surface area contributed by atoms with E-state index in [4.69, 9.17) is 11.6 Å². The van der Waals surface area contributed by atoms with Crippen molar-refractivity contribution in [2.24, 2.45) is 0 Å². The van der Waals surface area contributed by atoms with Gasteiger partial charge in [-0.2, -0.15) is 0 Å². The van der Waals surface area contributed by atoms with E-state index in [1.165, 1.54) is 24.0 Å². The van der Waals surface area contributed by atoms with Gasteiger partial charge in [-0.05, 0) is 73.4 Å². The van der Waals surface area contributed by atoms with Crippen molar-refractivity contribution in [2.45, 2.75) is 52.0 Å². The van der Waals surface area contributed by atoms with Gasteiger partial charge < -0.3 is 5.32 Å². The van der Waals surface area contributed by atoms with Crippen LogP contribution in [-0.4, -0.2) is 27.1 Å². The topological polar surface area (TPSA) is 66.5 Å². The molecule has 0 bridgehead atoms. The Morgan fingerprint density at radius 1 is 1.13 bits per heavy atom. The van der Waals surface area contributed by atoms with E-state index in [1.54, 1.807) is 25.1 Å². The third-order valence-electron chi connectivity index (χ3n) is 5.65. The van der Waals surface area contributed by atoms with Crippen molar-refractivity contribution in [1.82, 2.24) is 5.32 Å². The zero-order valence-corrected chi connectivity index (χ0v) is 19.3. The van der Waals surface area contributed by atoms with Crippen LogP contribution in [0.3, 0.4) is 0 Å². The van der Waals surface area contributed by atoms with Crippen LogP contribution in [0, 0.1) is 6.92 Å². The minimum absolute atomic E-state index is 0.161. The first kappa shape index (κ1) is 22.6. The number of amides is 1. The molecule has 0 spiro atoms. The molecule has 2 aromatic carbocycles. The quantitative estimate of drug-likeness (QED) is 0.675. The summed E-state index contributed by atoms with van der Waals surface area (Å²) >= 11 is 6.07. The molecule has 0 radical (unpaired) electrons. The normalized spacial score (nSPS) is 14.7. The van der Waals surface area contributed by atoms with Gasteiger partial charge in [0.25, 0.3) is 0 Å². The standard InChI is InChI=1S/C23H29ClN2O3S/c1-4-21(19-11-10-17-7-5-6-8-18(17)13-19)25-23(27)15-26(30(3,28)29)22-14-20(24)12-9-16(22)2/h9-14,21H,4-8,15H2,1-3H3,(H,25,27). The maximum absolute atomic E-state index is 12.9. The second-order valence-electron chi connectivity index (χ2n) is 7.96. The summed E-state index contributed by atoms with van der Waals surface area (Å²) in [6.45, 7) is 3.52. The van der Waals surface area contributed by atoms with Gasteiger partial charge in [0.15, 0.2) is 0 Å². The molecule has 0 aromatic heterocycles. The lowest BCUT2D eigenvalue weighted by Crippen LogP contribution is -2.41. The summed E-state index contributed by atoms with van der Waals surface area (Å²) in [4.78, 5) is 12.9. The molecule has 1 aliphatic rings. The second-order valence-corrected chi connectivity index (χ2v) is 10.3. The first-order chi connectivity index (χ1) is 14.2. The third kappa shape index (κ3) is 5.35. The van der Waals surface area contributed by atoms with Gasteiger partial charge in [-0.25, -0.2) is 8.42 Å². The molecule has 0 heterocycles. The first-order valence-electron chi connectivity index (χ1n) is 10.3. The van der Waals surface area contributed by atoms with Crippen LogP contribution in [0.15, 0.2) is 36.4 Å². The summed E-state index contributed by atoms with van der Waals surface area (Å²) in [7, 11) is -3.66.